The van der Waals surface area contributed by atoms with Crippen LogP contribution in [0.4, 0.5) is 11.4 Å². The van der Waals surface area contributed by atoms with E-state index >= 15 is 0 Å². The number of carbonyl (C=O) groups is 1. The van der Waals surface area contributed by atoms with Crippen LogP contribution in [0.25, 0.3) is 0 Å². The predicted molar refractivity (Wildman–Crippen MR) is 60.9 cm³/mol. The number of amides is 1. The summed E-state index contributed by atoms with van der Waals surface area (Å²) in [6.07, 6.45) is 0.532. The van der Waals surface area contributed by atoms with Gasteiger partial charge in [0.2, 0.25) is 5.91 Å². The van der Waals surface area contributed by atoms with Crippen molar-refractivity contribution in [1.82, 2.24) is 0 Å². The van der Waals surface area contributed by atoms with Crippen LogP contribution in [-0.4, -0.2) is 12.5 Å². The fourth-order valence-electron chi connectivity index (χ4n) is 1.32. The van der Waals surface area contributed by atoms with Crippen molar-refractivity contribution in [2.75, 3.05) is 17.2 Å². The summed E-state index contributed by atoms with van der Waals surface area (Å²) in [5.74, 6) is 0.0771. The van der Waals surface area contributed by atoms with Gasteiger partial charge in [-0.2, -0.15) is 0 Å². The molecule has 0 radical (unpaired) electrons. The van der Waals surface area contributed by atoms with E-state index in [1.807, 2.05) is 18.2 Å². The third-order valence-electron chi connectivity index (χ3n) is 1.94. The van der Waals surface area contributed by atoms with Gasteiger partial charge in [0.25, 0.3) is 0 Å². The monoisotopic (exact) mass is 288 g/mol. The summed E-state index contributed by atoms with van der Waals surface area (Å²) in [6, 6.07) is 5.87. The van der Waals surface area contributed by atoms with Crippen LogP contribution in [0.5, 0.6) is 0 Å². The van der Waals surface area contributed by atoms with Crippen molar-refractivity contribution < 1.29 is 4.79 Å². The number of hydrogen-bond acceptors (Lipinski definition) is 2. The Morgan fingerprint density at radius 2 is 2.23 bits per heavy atom. The van der Waals surface area contributed by atoms with Gasteiger partial charge in [0.1, 0.15) is 0 Å². The van der Waals surface area contributed by atoms with Crippen molar-refractivity contribution >= 4 is 39.9 Å². The normalized spacial score (nSPS) is 15.3. The van der Waals surface area contributed by atoms with E-state index in [-0.39, 0.29) is 5.91 Å². The third-order valence-corrected chi connectivity index (χ3v) is 2.84. The van der Waals surface area contributed by atoms with Crippen molar-refractivity contribution in [3.05, 3.63) is 21.8 Å². The molecule has 3 nitrogen and oxygen atoms in total. The van der Waals surface area contributed by atoms with Crippen LogP contribution in [0.2, 0.25) is 0 Å². The second kappa shape index (κ2) is 3.53. The van der Waals surface area contributed by atoms with Gasteiger partial charge in [0.15, 0.2) is 0 Å². The number of anilines is 2. The summed E-state index contributed by atoms with van der Waals surface area (Å²) >= 11 is 2.25. The molecule has 0 saturated heterocycles. The zero-order valence-corrected chi connectivity index (χ0v) is 9.09. The molecule has 0 saturated carbocycles. The Balaban J connectivity index is 2.45. The van der Waals surface area contributed by atoms with Gasteiger partial charge in [0.05, 0.1) is 11.4 Å². The summed E-state index contributed by atoms with van der Waals surface area (Å²) in [5, 5.41) is 6.09. The van der Waals surface area contributed by atoms with E-state index in [1.165, 1.54) is 0 Å². The lowest BCUT2D eigenvalue weighted by molar-refractivity contribution is -0.115. The molecule has 0 spiro atoms. The van der Waals surface area contributed by atoms with Crippen molar-refractivity contribution in [2.24, 2.45) is 0 Å². The lowest BCUT2D eigenvalue weighted by Crippen LogP contribution is -2.10. The van der Waals surface area contributed by atoms with Gasteiger partial charge in [-0.3, -0.25) is 4.79 Å². The number of nitrogens with one attached hydrogen (secondary N) is 2. The van der Waals surface area contributed by atoms with E-state index in [0.29, 0.717) is 13.0 Å². The molecule has 13 heavy (non-hydrogen) atoms. The van der Waals surface area contributed by atoms with Gasteiger partial charge in [-0.15, -0.1) is 0 Å². The molecule has 0 aliphatic carbocycles. The minimum atomic E-state index is 0.0771. The minimum Gasteiger partial charge on any atom is -0.382 e. The molecule has 2 N–H and O–H groups in total. The molecule has 4 heteroatoms. The van der Waals surface area contributed by atoms with Crippen molar-refractivity contribution in [2.45, 2.75) is 6.42 Å². The Hall–Kier alpha value is -0.780. The van der Waals surface area contributed by atoms with Gasteiger partial charge in [-0.05, 0) is 34.7 Å². The molecule has 68 valence electrons. The van der Waals surface area contributed by atoms with Crippen LogP contribution < -0.4 is 10.6 Å². The Bertz CT molecular complexity index is 351. The minimum absolute atomic E-state index is 0.0771. The van der Waals surface area contributed by atoms with Gasteiger partial charge >= 0.3 is 0 Å². The third kappa shape index (κ3) is 1.77. The van der Waals surface area contributed by atoms with Gasteiger partial charge < -0.3 is 10.6 Å². The summed E-state index contributed by atoms with van der Waals surface area (Å²) in [4.78, 5) is 11.2. The maximum absolute atomic E-state index is 11.2. The molecule has 1 heterocycles. The molecule has 2 rings (SSSR count). The number of benzene rings is 1. The number of para-hydroxylation sites is 1. The molecule has 1 amide bonds. The summed E-state index contributed by atoms with van der Waals surface area (Å²) < 4.78 is 1.14. The smallest absolute Gasteiger partial charge is 0.226 e. The first-order valence-corrected chi connectivity index (χ1v) is 5.17. The van der Waals surface area contributed by atoms with Crippen molar-refractivity contribution in [1.29, 1.82) is 0 Å². The standard InChI is InChI=1S/C9H9IN2O/c10-6-2-1-3-7-9(6)11-5-4-8(13)12-7/h1-3,11H,4-5H2,(H,12,13). The van der Waals surface area contributed by atoms with Crippen LogP contribution in [0.3, 0.4) is 0 Å². The Morgan fingerprint density at radius 1 is 1.38 bits per heavy atom. The molecule has 1 aromatic rings. The van der Waals surface area contributed by atoms with Crippen molar-refractivity contribution in [3.63, 3.8) is 0 Å². The number of halogens is 1. The average molecular weight is 288 g/mol. The highest BCUT2D eigenvalue weighted by molar-refractivity contribution is 14.1. The Kier molecular flexibility index (Phi) is 2.39. The summed E-state index contributed by atoms with van der Waals surface area (Å²) in [7, 11) is 0. The fraction of sp³-hybridized carbons (Fsp3) is 0.222. The highest BCUT2D eigenvalue weighted by Gasteiger charge is 2.13. The summed E-state index contributed by atoms with van der Waals surface area (Å²) in [5.41, 5.74) is 1.92. The molecule has 1 aromatic carbocycles. The first-order valence-electron chi connectivity index (χ1n) is 4.09. The van der Waals surface area contributed by atoms with Gasteiger partial charge in [-0.25, -0.2) is 0 Å². The van der Waals surface area contributed by atoms with Crippen LogP contribution >= 0.6 is 22.6 Å². The van der Waals surface area contributed by atoms with Crippen LogP contribution in [0.15, 0.2) is 18.2 Å². The molecule has 1 aliphatic rings. The molecule has 0 aromatic heterocycles. The van der Waals surface area contributed by atoms with E-state index in [9.17, 15) is 4.79 Å². The quantitative estimate of drug-likeness (QED) is 0.717. The second-order valence-electron chi connectivity index (χ2n) is 2.89. The largest absolute Gasteiger partial charge is 0.382 e. The number of hydrogen-bond donors (Lipinski definition) is 2. The zero-order chi connectivity index (χ0) is 9.26. The van der Waals surface area contributed by atoms with E-state index < -0.39 is 0 Å². The molecule has 0 atom stereocenters. The maximum atomic E-state index is 11.2. The molecule has 1 aliphatic heterocycles. The van der Waals surface area contributed by atoms with Crippen LogP contribution in [0.1, 0.15) is 6.42 Å². The summed E-state index contributed by atoms with van der Waals surface area (Å²) in [6.45, 7) is 0.707. The van der Waals surface area contributed by atoms with E-state index in [1.54, 1.807) is 0 Å². The average Bonchev–Trinajstić information content (AvgIpc) is 2.27. The number of carbonyl (C=O) groups excluding carboxylic acids is 1. The molecule has 0 bridgehead atoms. The zero-order valence-electron chi connectivity index (χ0n) is 6.93. The van der Waals surface area contributed by atoms with Gasteiger partial charge in [0, 0.05) is 16.5 Å². The SMILES string of the molecule is O=C1CCNc2c(I)cccc2N1. The lowest BCUT2D eigenvalue weighted by atomic mass is 10.2. The fourth-order valence-corrected chi connectivity index (χ4v) is 2.01. The van der Waals surface area contributed by atoms with Crippen molar-refractivity contribution in [3.8, 4) is 0 Å². The second-order valence-corrected chi connectivity index (χ2v) is 4.05. The Morgan fingerprint density at radius 3 is 3.08 bits per heavy atom. The topological polar surface area (TPSA) is 41.1 Å². The van der Waals surface area contributed by atoms with E-state index in [2.05, 4.69) is 33.2 Å². The first kappa shape index (κ1) is 8.80. The van der Waals surface area contributed by atoms with E-state index in [4.69, 9.17) is 0 Å². The highest BCUT2D eigenvalue weighted by atomic mass is 127. The number of fused-ring (bicyclic) bond motifs is 1. The number of rotatable bonds is 0. The molecule has 0 fully saturated rings. The lowest BCUT2D eigenvalue weighted by Gasteiger charge is -2.08. The maximum Gasteiger partial charge on any atom is 0.226 e. The highest BCUT2D eigenvalue weighted by Crippen LogP contribution is 2.28. The first-order chi connectivity index (χ1) is 6.27. The van der Waals surface area contributed by atoms with Crippen LogP contribution in [0, 0.1) is 3.57 Å². The molecular formula is C9H9IN2O. The van der Waals surface area contributed by atoms with E-state index in [0.717, 1.165) is 14.9 Å². The van der Waals surface area contributed by atoms with Crippen LogP contribution in [-0.2, 0) is 4.79 Å². The Labute approximate surface area is 90.0 Å². The molecular weight excluding hydrogens is 279 g/mol. The predicted octanol–water partition coefficient (Wildman–Crippen LogP) is 2.05. The molecule has 0 unspecified atom stereocenters. The van der Waals surface area contributed by atoms with Gasteiger partial charge in [-0.1, -0.05) is 6.07 Å².